The van der Waals surface area contributed by atoms with Gasteiger partial charge in [0.15, 0.2) is 0 Å². The van der Waals surface area contributed by atoms with E-state index in [0.717, 1.165) is 19.3 Å². The molecule has 0 spiro atoms. The van der Waals surface area contributed by atoms with Crippen LogP contribution in [0.5, 0.6) is 0 Å². The van der Waals surface area contributed by atoms with Crippen molar-refractivity contribution in [3.63, 3.8) is 0 Å². The molecule has 0 radical (unpaired) electrons. The molecule has 1 aromatic carbocycles. The second kappa shape index (κ2) is 6.61. The highest BCUT2D eigenvalue weighted by atomic mass is 79.9. The molecule has 110 valence electrons. The fourth-order valence-corrected chi connectivity index (χ4v) is 2.52. The molecule has 0 saturated heterocycles. The fourth-order valence-electron chi connectivity index (χ4n) is 2.27. The van der Waals surface area contributed by atoms with E-state index in [9.17, 15) is 18.0 Å². The molecule has 0 atom stereocenters. The molecule has 20 heavy (non-hydrogen) atoms. The number of benzene rings is 1. The predicted octanol–water partition coefficient (Wildman–Crippen LogP) is 3.88. The van der Waals surface area contributed by atoms with Gasteiger partial charge in [-0.1, -0.05) is 15.9 Å². The maximum Gasteiger partial charge on any atom is 0.260 e. The number of nitrogens with zero attached hydrogens (tertiary/aromatic N) is 1. The van der Waals surface area contributed by atoms with E-state index in [1.807, 2.05) is 0 Å². The van der Waals surface area contributed by atoms with E-state index in [1.165, 1.54) is 4.90 Å². The van der Waals surface area contributed by atoms with Crippen LogP contribution in [0.3, 0.4) is 0 Å². The maximum absolute atomic E-state index is 13.7. The summed E-state index contributed by atoms with van der Waals surface area (Å²) in [4.78, 5) is 13.9. The Morgan fingerprint density at radius 1 is 1.25 bits per heavy atom. The summed E-state index contributed by atoms with van der Waals surface area (Å²) in [5.74, 6) is -4.00. The van der Waals surface area contributed by atoms with Crippen molar-refractivity contribution in [1.29, 1.82) is 0 Å². The monoisotopic (exact) mass is 349 g/mol. The Kier molecular flexibility index (Phi) is 5.07. The lowest BCUT2D eigenvalue weighted by atomic mass is 9.90. The summed E-state index contributed by atoms with van der Waals surface area (Å²) in [7, 11) is 0. The van der Waals surface area contributed by atoms with Crippen molar-refractivity contribution in [2.75, 3.05) is 11.9 Å². The average molecular weight is 350 g/mol. The smallest absolute Gasteiger partial charge is 0.260 e. The van der Waals surface area contributed by atoms with Crippen LogP contribution in [0.2, 0.25) is 0 Å². The van der Waals surface area contributed by atoms with Crippen molar-refractivity contribution in [2.24, 2.45) is 0 Å². The first kappa shape index (κ1) is 15.4. The number of amides is 1. The molecular weight excluding hydrogens is 335 g/mol. The van der Waals surface area contributed by atoms with Crippen LogP contribution in [0.4, 0.5) is 13.2 Å². The molecule has 0 N–H and O–H groups in total. The van der Waals surface area contributed by atoms with E-state index < -0.39 is 28.9 Å². The summed E-state index contributed by atoms with van der Waals surface area (Å²) >= 11 is 3.28. The van der Waals surface area contributed by atoms with Gasteiger partial charge in [0, 0.05) is 30.0 Å². The molecule has 1 saturated carbocycles. The molecule has 1 fully saturated rings. The fraction of sp³-hybridized carbons (Fsp3) is 0.500. The van der Waals surface area contributed by atoms with E-state index in [1.54, 1.807) is 0 Å². The SMILES string of the molecule is O=C(c1c(F)cc(F)cc1F)N(CCCBr)C1CCC1. The summed E-state index contributed by atoms with van der Waals surface area (Å²) < 4.78 is 40.3. The van der Waals surface area contributed by atoms with E-state index >= 15 is 0 Å². The Balaban J connectivity index is 2.26. The van der Waals surface area contributed by atoms with Crippen LogP contribution in [0, 0.1) is 17.5 Å². The van der Waals surface area contributed by atoms with Gasteiger partial charge in [-0.2, -0.15) is 0 Å². The molecule has 0 aliphatic heterocycles. The number of carbonyl (C=O) groups is 1. The highest BCUT2D eigenvalue weighted by Crippen LogP contribution is 2.28. The second-order valence-corrected chi connectivity index (χ2v) is 5.66. The molecule has 0 bridgehead atoms. The minimum absolute atomic E-state index is 0.0328. The van der Waals surface area contributed by atoms with Crippen LogP contribution in [0.15, 0.2) is 12.1 Å². The zero-order chi connectivity index (χ0) is 14.7. The quantitative estimate of drug-likeness (QED) is 0.738. The summed E-state index contributed by atoms with van der Waals surface area (Å²) in [5, 5.41) is 0.706. The van der Waals surface area contributed by atoms with Crippen LogP contribution in [-0.2, 0) is 0 Å². The molecule has 1 amide bonds. The van der Waals surface area contributed by atoms with Gasteiger partial charge in [0.05, 0.1) is 0 Å². The van der Waals surface area contributed by atoms with Crippen LogP contribution in [0.1, 0.15) is 36.0 Å². The first-order valence-electron chi connectivity index (χ1n) is 6.56. The average Bonchev–Trinajstić information content (AvgIpc) is 2.30. The first-order chi connectivity index (χ1) is 9.54. The lowest BCUT2D eigenvalue weighted by molar-refractivity contribution is 0.0571. The lowest BCUT2D eigenvalue weighted by Crippen LogP contribution is -2.45. The molecule has 2 rings (SSSR count). The Hall–Kier alpha value is -1.04. The van der Waals surface area contributed by atoms with Gasteiger partial charge in [0.25, 0.3) is 5.91 Å². The molecule has 0 aromatic heterocycles. The van der Waals surface area contributed by atoms with Crippen LogP contribution in [-0.4, -0.2) is 28.7 Å². The molecule has 0 heterocycles. The van der Waals surface area contributed by atoms with Gasteiger partial charge in [-0.25, -0.2) is 13.2 Å². The van der Waals surface area contributed by atoms with Crippen LogP contribution < -0.4 is 0 Å². The van der Waals surface area contributed by atoms with Gasteiger partial charge < -0.3 is 4.90 Å². The highest BCUT2D eigenvalue weighted by molar-refractivity contribution is 9.09. The van der Waals surface area contributed by atoms with Gasteiger partial charge >= 0.3 is 0 Å². The first-order valence-corrected chi connectivity index (χ1v) is 7.68. The number of halogens is 4. The van der Waals surface area contributed by atoms with Crippen molar-refractivity contribution in [2.45, 2.75) is 31.7 Å². The third-order valence-electron chi connectivity index (χ3n) is 3.53. The Bertz CT molecular complexity index is 482. The zero-order valence-electron chi connectivity index (χ0n) is 10.8. The maximum atomic E-state index is 13.7. The summed E-state index contributed by atoms with van der Waals surface area (Å²) in [6.07, 6.45) is 3.40. The van der Waals surface area contributed by atoms with Gasteiger partial charge in [-0.15, -0.1) is 0 Å². The predicted molar refractivity (Wildman–Crippen MR) is 73.4 cm³/mol. The number of hydrogen-bond acceptors (Lipinski definition) is 1. The molecule has 1 aromatic rings. The minimum Gasteiger partial charge on any atom is -0.335 e. The molecule has 0 unspecified atom stereocenters. The minimum atomic E-state index is -1.14. The topological polar surface area (TPSA) is 20.3 Å². The molecule has 2 nitrogen and oxygen atoms in total. The van der Waals surface area contributed by atoms with Gasteiger partial charge in [0.1, 0.15) is 23.0 Å². The number of alkyl halides is 1. The van der Waals surface area contributed by atoms with Gasteiger partial charge in [0.2, 0.25) is 0 Å². The van der Waals surface area contributed by atoms with Crippen molar-refractivity contribution >= 4 is 21.8 Å². The Morgan fingerprint density at radius 3 is 2.30 bits per heavy atom. The van der Waals surface area contributed by atoms with Crippen molar-refractivity contribution in [3.8, 4) is 0 Å². The van der Waals surface area contributed by atoms with Crippen molar-refractivity contribution < 1.29 is 18.0 Å². The largest absolute Gasteiger partial charge is 0.335 e. The van der Waals surface area contributed by atoms with Crippen molar-refractivity contribution in [1.82, 2.24) is 4.90 Å². The van der Waals surface area contributed by atoms with E-state index in [4.69, 9.17) is 0 Å². The van der Waals surface area contributed by atoms with Gasteiger partial charge in [-0.05, 0) is 25.7 Å². The zero-order valence-corrected chi connectivity index (χ0v) is 12.4. The summed E-state index contributed by atoms with van der Waals surface area (Å²) in [5.41, 5.74) is -0.659. The lowest BCUT2D eigenvalue weighted by Gasteiger charge is -2.37. The highest BCUT2D eigenvalue weighted by Gasteiger charge is 2.32. The molecule has 6 heteroatoms. The number of rotatable bonds is 5. The molecule has 1 aliphatic carbocycles. The molecular formula is C14H15BrF3NO. The van der Waals surface area contributed by atoms with Crippen LogP contribution in [0.25, 0.3) is 0 Å². The van der Waals surface area contributed by atoms with Crippen molar-refractivity contribution in [3.05, 3.63) is 35.1 Å². The second-order valence-electron chi connectivity index (χ2n) is 4.87. The summed E-state index contributed by atoms with van der Waals surface area (Å²) in [6, 6.07) is 1.12. The van der Waals surface area contributed by atoms with E-state index in [-0.39, 0.29) is 6.04 Å². The Morgan fingerprint density at radius 2 is 1.85 bits per heavy atom. The Labute approximate surface area is 124 Å². The standard InChI is InChI=1S/C14H15BrF3NO/c15-5-2-6-19(10-3-1-4-10)14(20)13-11(17)7-9(16)8-12(13)18/h7-8,10H,1-6H2. The summed E-state index contributed by atoms with van der Waals surface area (Å²) in [6.45, 7) is 0.436. The number of hydrogen-bond donors (Lipinski definition) is 0. The number of carbonyl (C=O) groups excluding carboxylic acids is 1. The normalized spacial score (nSPS) is 15.0. The van der Waals surface area contributed by atoms with E-state index in [2.05, 4.69) is 15.9 Å². The third-order valence-corrected chi connectivity index (χ3v) is 4.09. The molecule has 1 aliphatic rings. The third kappa shape index (κ3) is 3.16. The van der Waals surface area contributed by atoms with E-state index in [0.29, 0.717) is 30.4 Å². The van der Waals surface area contributed by atoms with Gasteiger partial charge in [-0.3, -0.25) is 4.79 Å². The van der Waals surface area contributed by atoms with Crippen LogP contribution >= 0.6 is 15.9 Å².